The van der Waals surface area contributed by atoms with Crippen LogP contribution in [0.1, 0.15) is 32.1 Å². The van der Waals surface area contributed by atoms with Crippen molar-refractivity contribution in [3.8, 4) is 0 Å². The van der Waals surface area contributed by atoms with Crippen LogP contribution in [0.5, 0.6) is 0 Å². The van der Waals surface area contributed by atoms with E-state index in [1.165, 1.54) is 0 Å². The fourth-order valence-electron chi connectivity index (χ4n) is 3.44. The normalized spacial score (nSPS) is 19.6. The zero-order valence-electron chi connectivity index (χ0n) is 14.6. The fraction of sp³-hybridized carbons (Fsp3) is 0.333. The third-order valence-electron chi connectivity index (χ3n) is 4.84. The summed E-state index contributed by atoms with van der Waals surface area (Å²) in [4.78, 5) is 13.2. The van der Waals surface area contributed by atoms with Gasteiger partial charge in [-0.05, 0) is 61.9 Å². The monoisotopic (exact) mass is 386 g/mol. The largest absolute Gasteiger partial charge is 0.350 e. The van der Waals surface area contributed by atoms with E-state index in [1.807, 2.05) is 54.6 Å². The third kappa shape index (κ3) is 5.55. The number of para-hydroxylation sites is 1. The molecule has 1 amide bonds. The molecule has 0 saturated heterocycles. The van der Waals surface area contributed by atoms with Crippen LogP contribution < -0.4 is 10.6 Å². The van der Waals surface area contributed by atoms with Crippen molar-refractivity contribution in [2.24, 2.45) is 11.8 Å². The number of thiocarbonyl (C=S) groups is 1. The van der Waals surface area contributed by atoms with E-state index in [9.17, 15) is 4.79 Å². The molecule has 0 bridgehead atoms. The summed E-state index contributed by atoms with van der Waals surface area (Å²) in [6.07, 6.45) is 4.76. The van der Waals surface area contributed by atoms with Crippen molar-refractivity contribution in [3.63, 3.8) is 0 Å². The Morgan fingerprint density at radius 2 is 1.65 bits per heavy atom. The highest BCUT2D eigenvalue weighted by molar-refractivity contribution is 7.80. The maximum Gasteiger partial charge on any atom is 0.227 e. The molecule has 1 aliphatic rings. The Morgan fingerprint density at radius 3 is 2.35 bits per heavy atom. The molecule has 0 aliphatic heterocycles. The van der Waals surface area contributed by atoms with Gasteiger partial charge in [0.15, 0.2) is 0 Å². The van der Waals surface area contributed by atoms with Crippen molar-refractivity contribution in [2.75, 3.05) is 10.6 Å². The molecule has 0 spiro atoms. The minimum absolute atomic E-state index is 0.0981. The van der Waals surface area contributed by atoms with Gasteiger partial charge in [-0.3, -0.25) is 4.79 Å². The summed E-state index contributed by atoms with van der Waals surface area (Å²) in [6, 6.07) is 17.2. The minimum atomic E-state index is 0.0981. The molecule has 5 heteroatoms. The first kappa shape index (κ1) is 18.9. The van der Waals surface area contributed by atoms with Gasteiger partial charge >= 0.3 is 0 Å². The smallest absolute Gasteiger partial charge is 0.227 e. The van der Waals surface area contributed by atoms with E-state index in [0.29, 0.717) is 10.9 Å². The van der Waals surface area contributed by atoms with Crippen LogP contribution in [0.15, 0.2) is 54.6 Å². The van der Waals surface area contributed by atoms with Crippen molar-refractivity contribution in [1.29, 1.82) is 0 Å². The van der Waals surface area contributed by atoms with Gasteiger partial charge in [0.05, 0.1) is 4.99 Å². The van der Waals surface area contributed by atoms with Crippen LogP contribution in [-0.2, 0) is 4.79 Å². The van der Waals surface area contributed by atoms with Crippen LogP contribution in [0.4, 0.5) is 11.4 Å². The van der Waals surface area contributed by atoms with Gasteiger partial charge in [0.1, 0.15) is 0 Å². The topological polar surface area (TPSA) is 41.1 Å². The lowest BCUT2D eigenvalue weighted by molar-refractivity contribution is -0.121. The molecule has 3 nitrogen and oxygen atoms in total. The van der Waals surface area contributed by atoms with Crippen LogP contribution in [0.3, 0.4) is 0 Å². The predicted octanol–water partition coefficient (Wildman–Crippen LogP) is 5.91. The summed E-state index contributed by atoms with van der Waals surface area (Å²) in [6.45, 7) is 0. The summed E-state index contributed by atoms with van der Waals surface area (Å²) in [7, 11) is 0. The van der Waals surface area contributed by atoms with Gasteiger partial charge in [-0.15, -0.1) is 0 Å². The number of halogens is 1. The van der Waals surface area contributed by atoms with E-state index in [4.69, 9.17) is 23.8 Å². The summed E-state index contributed by atoms with van der Waals surface area (Å²) in [5.41, 5.74) is 1.80. The van der Waals surface area contributed by atoms with Gasteiger partial charge in [-0.1, -0.05) is 48.1 Å². The predicted molar refractivity (Wildman–Crippen MR) is 113 cm³/mol. The zero-order chi connectivity index (χ0) is 18.4. The first-order valence-electron chi connectivity index (χ1n) is 9.01. The molecule has 0 unspecified atom stereocenters. The minimum Gasteiger partial charge on any atom is -0.350 e. The number of carbonyl (C=O) groups excluding carboxylic acids is 1. The van der Waals surface area contributed by atoms with Crippen LogP contribution in [0.25, 0.3) is 0 Å². The van der Waals surface area contributed by atoms with E-state index >= 15 is 0 Å². The zero-order valence-corrected chi connectivity index (χ0v) is 16.2. The molecular formula is C21H23ClN2OS. The van der Waals surface area contributed by atoms with Gasteiger partial charge in [0, 0.05) is 28.7 Å². The first-order chi connectivity index (χ1) is 12.6. The number of rotatable bonds is 5. The summed E-state index contributed by atoms with van der Waals surface area (Å²) < 4.78 is 0. The molecule has 1 saturated carbocycles. The van der Waals surface area contributed by atoms with Crippen LogP contribution in [0.2, 0.25) is 5.02 Å². The lowest BCUT2D eigenvalue weighted by Crippen LogP contribution is -2.28. The average molecular weight is 387 g/mol. The second kappa shape index (κ2) is 9.15. The van der Waals surface area contributed by atoms with Crippen LogP contribution in [-0.4, -0.2) is 10.9 Å². The van der Waals surface area contributed by atoms with Crippen molar-refractivity contribution in [3.05, 3.63) is 59.6 Å². The molecule has 0 aromatic heterocycles. The van der Waals surface area contributed by atoms with Crippen molar-refractivity contribution < 1.29 is 4.79 Å². The van der Waals surface area contributed by atoms with E-state index in [2.05, 4.69) is 10.6 Å². The molecule has 2 aromatic rings. The standard InChI is InChI=1S/C21H23ClN2OS/c22-17-5-4-8-19(14-17)23-20(26)13-15-9-11-16(12-10-15)21(25)24-18-6-2-1-3-7-18/h1-8,14-16H,9-13H2,(H,23,26)(H,24,25). The van der Waals surface area contributed by atoms with Gasteiger partial charge < -0.3 is 10.6 Å². The van der Waals surface area contributed by atoms with Gasteiger partial charge in [-0.25, -0.2) is 0 Å². The molecule has 3 rings (SSSR count). The van der Waals surface area contributed by atoms with Crippen LogP contribution >= 0.6 is 23.8 Å². The van der Waals surface area contributed by atoms with E-state index < -0.39 is 0 Å². The highest BCUT2D eigenvalue weighted by Gasteiger charge is 2.26. The second-order valence-corrected chi connectivity index (χ2v) is 7.76. The molecular weight excluding hydrogens is 364 g/mol. The third-order valence-corrected chi connectivity index (χ3v) is 5.35. The average Bonchev–Trinajstić information content (AvgIpc) is 2.63. The summed E-state index contributed by atoms with van der Waals surface area (Å²) in [5, 5.41) is 6.98. The van der Waals surface area contributed by atoms with Crippen molar-refractivity contribution in [2.45, 2.75) is 32.1 Å². The number of carbonyl (C=O) groups is 1. The van der Waals surface area contributed by atoms with Crippen LogP contribution in [0, 0.1) is 11.8 Å². The highest BCUT2D eigenvalue weighted by Crippen LogP contribution is 2.32. The molecule has 0 radical (unpaired) electrons. The number of amides is 1. The summed E-state index contributed by atoms with van der Waals surface area (Å²) in [5.74, 6) is 0.769. The molecule has 2 aromatic carbocycles. The van der Waals surface area contributed by atoms with E-state index in [1.54, 1.807) is 0 Å². The molecule has 26 heavy (non-hydrogen) atoms. The number of nitrogens with one attached hydrogen (secondary N) is 2. The maximum atomic E-state index is 12.4. The Bertz CT molecular complexity index is 758. The fourth-order valence-corrected chi connectivity index (χ4v) is 3.98. The Labute approximate surface area is 165 Å². The molecule has 0 heterocycles. The lowest BCUT2D eigenvalue weighted by atomic mass is 9.80. The van der Waals surface area contributed by atoms with Crippen molar-refractivity contribution in [1.82, 2.24) is 0 Å². The highest BCUT2D eigenvalue weighted by atomic mass is 35.5. The van der Waals surface area contributed by atoms with E-state index in [0.717, 1.165) is 48.5 Å². The molecule has 1 fully saturated rings. The quantitative estimate of drug-likeness (QED) is 0.627. The SMILES string of the molecule is O=C(Nc1ccccc1)C1CCC(CC(=S)Nc2cccc(Cl)c2)CC1. The molecule has 2 N–H and O–H groups in total. The first-order valence-corrected chi connectivity index (χ1v) is 9.80. The Morgan fingerprint density at radius 1 is 0.962 bits per heavy atom. The van der Waals surface area contributed by atoms with E-state index in [-0.39, 0.29) is 11.8 Å². The van der Waals surface area contributed by atoms with Gasteiger partial charge in [-0.2, -0.15) is 0 Å². The van der Waals surface area contributed by atoms with Crippen molar-refractivity contribution >= 4 is 46.1 Å². The van der Waals surface area contributed by atoms with Gasteiger partial charge in [0.2, 0.25) is 5.91 Å². The summed E-state index contributed by atoms with van der Waals surface area (Å²) >= 11 is 11.5. The lowest BCUT2D eigenvalue weighted by Gasteiger charge is -2.28. The van der Waals surface area contributed by atoms with Gasteiger partial charge in [0.25, 0.3) is 0 Å². The number of hydrogen-bond donors (Lipinski definition) is 2. The molecule has 1 aliphatic carbocycles. The molecule has 136 valence electrons. The Balaban J connectivity index is 1.43. The number of benzene rings is 2. The number of anilines is 2. The maximum absolute atomic E-state index is 12.4. The molecule has 0 atom stereocenters. The Kier molecular flexibility index (Phi) is 6.64. The number of hydrogen-bond acceptors (Lipinski definition) is 2. The second-order valence-electron chi connectivity index (χ2n) is 6.84. The Hall–Kier alpha value is -1.91.